The van der Waals surface area contributed by atoms with Crippen LogP contribution >= 0.6 is 0 Å². The predicted molar refractivity (Wildman–Crippen MR) is 70.8 cm³/mol. The van der Waals surface area contributed by atoms with E-state index >= 15 is 0 Å². The van der Waals surface area contributed by atoms with Crippen LogP contribution in [-0.4, -0.2) is 42.4 Å². The largest absolute Gasteiger partial charge is 0.480 e. The van der Waals surface area contributed by atoms with Crippen molar-refractivity contribution in [1.29, 1.82) is 0 Å². The third kappa shape index (κ3) is 2.93. The predicted octanol–water partition coefficient (Wildman–Crippen LogP) is 0.804. The highest BCUT2D eigenvalue weighted by Crippen LogP contribution is 2.38. The van der Waals surface area contributed by atoms with Crippen molar-refractivity contribution in [3.8, 4) is 0 Å². The fraction of sp³-hybridized carbons (Fsp3) is 0.917. The first-order chi connectivity index (χ1) is 8.85. The number of piperidine rings is 1. The van der Waals surface area contributed by atoms with E-state index in [1.165, 1.54) is 4.31 Å². The van der Waals surface area contributed by atoms with Crippen molar-refractivity contribution in [2.45, 2.75) is 51.6 Å². The number of carbonyl (C=O) groups is 1. The fourth-order valence-electron chi connectivity index (χ4n) is 3.05. The molecule has 2 fully saturated rings. The molecule has 0 aromatic heterocycles. The number of carboxylic acids is 1. The van der Waals surface area contributed by atoms with Gasteiger partial charge in [0.05, 0.1) is 0 Å². The van der Waals surface area contributed by atoms with Gasteiger partial charge in [-0.25, -0.2) is 0 Å². The molecule has 0 aromatic rings. The summed E-state index contributed by atoms with van der Waals surface area (Å²) in [4.78, 5) is 11.2. The molecule has 1 aliphatic heterocycles. The van der Waals surface area contributed by atoms with E-state index in [1.54, 1.807) is 6.92 Å². The molecule has 0 amide bonds. The lowest BCUT2D eigenvalue weighted by molar-refractivity contribution is -0.140. The zero-order valence-corrected chi connectivity index (χ0v) is 12.2. The first-order valence-electron chi connectivity index (χ1n) is 6.87. The quantitative estimate of drug-likeness (QED) is 0.757. The zero-order valence-electron chi connectivity index (χ0n) is 11.4. The van der Waals surface area contributed by atoms with Crippen LogP contribution in [0.3, 0.4) is 0 Å². The Hall–Kier alpha value is -0.660. The van der Waals surface area contributed by atoms with Gasteiger partial charge in [-0.05, 0) is 31.1 Å². The molecular weight excluding hydrogens is 268 g/mol. The van der Waals surface area contributed by atoms with Gasteiger partial charge in [0.1, 0.15) is 6.04 Å². The van der Waals surface area contributed by atoms with Gasteiger partial charge in [0.25, 0.3) is 10.2 Å². The molecule has 0 radical (unpaired) electrons. The van der Waals surface area contributed by atoms with Crippen molar-refractivity contribution < 1.29 is 18.3 Å². The molecular formula is C12H22N2O4S. The van der Waals surface area contributed by atoms with E-state index in [0.717, 1.165) is 19.3 Å². The monoisotopic (exact) mass is 290 g/mol. The van der Waals surface area contributed by atoms with Gasteiger partial charge in [0.15, 0.2) is 0 Å². The van der Waals surface area contributed by atoms with Crippen LogP contribution < -0.4 is 4.72 Å². The van der Waals surface area contributed by atoms with Crippen LogP contribution in [0.1, 0.15) is 39.5 Å². The van der Waals surface area contributed by atoms with E-state index in [2.05, 4.69) is 4.72 Å². The lowest BCUT2D eigenvalue weighted by Gasteiger charge is -2.29. The molecule has 1 saturated heterocycles. The molecule has 0 aromatic carbocycles. The smallest absolute Gasteiger partial charge is 0.322 e. The Morgan fingerprint density at radius 1 is 1.47 bits per heavy atom. The van der Waals surface area contributed by atoms with Gasteiger partial charge in [-0.1, -0.05) is 20.3 Å². The molecule has 2 rings (SSSR count). The molecule has 0 spiro atoms. The van der Waals surface area contributed by atoms with Gasteiger partial charge in [0.2, 0.25) is 0 Å². The summed E-state index contributed by atoms with van der Waals surface area (Å²) in [7, 11) is -3.69. The summed E-state index contributed by atoms with van der Waals surface area (Å²) in [6.45, 7) is 4.14. The summed E-state index contributed by atoms with van der Waals surface area (Å²) < 4.78 is 28.4. The highest BCUT2D eigenvalue weighted by atomic mass is 32.2. The second-order valence-electron chi connectivity index (χ2n) is 5.73. The average molecular weight is 290 g/mol. The number of hydrogen-bond acceptors (Lipinski definition) is 3. The SMILES string of the molecule is CC[C@H](C)[C@H](NS(=O)(=O)N1CC2CCC1C2)C(=O)O. The highest BCUT2D eigenvalue weighted by molar-refractivity contribution is 7.87. The van der Waals surface area contributed by atoms with Gasteiger partial charge in [-0.3, -0.25) is 4.79 Å². The fourth-order valence-corrected chi connectivity index (χ4v) is 4.83. The number of carboxylic acid groups (broad SMARTS) is 1. The van der Waals surface area contributed by atoms with E-state index in [9.17, 15) is 13.2 Å². The Bertz CT molecular complexity index is 451. The third-order valence-corrected chi connectivity index (χ3v) is 6.04. The minimum absolute atomic E-state index is 0.0638. The Balaban J connectivity index is 2.09. The molecule has 6 nitrogen and oxygen atoms in total. The molecule has 19 heavy (non-hydrogen) atoms. The minimum atomic E-state index is -3.69. The normalized spacial score (nSPS) is 30.4. The standard InChI is InChI=1S/C12H22N2O4S/c1-3-8(2)11(12(15)16)13-19(17,18)14-7-9-4-5-10(14)6-9/h8-11,13H,3-7H2,1-2H3,(H,15,16)/t8-,9?,10?,11-/m0/s1. The van der Waals surface area contributed by atoms with Crippen LogP contribution in [0.2, 0.25) is 0 Å². The number of rotatable bonds is 6. The molecule has 1 heterocycles. The summed E-state index contributed by atoms with van der Waals surface area (Å²) in [5.74, 6) is -0.886. The van der Waals surface area contributed by atoms with Gasteiger partial charge in [0, 0.05) is 12.6 Å². The number of nitrogens with zero attached hydrogens (tertiary/aromatic N) is 1. The Morgan fingerprint density at radius 3 is 2.58 bits per heavy atom. The number of fused-ring (bicyclic) bond motifs is 2. The average Bonchev–Trinajstić information content (AvgIpc) is 2.97. The molecule has 1 aliphatic carbocycles. The third-order valence-electron chi connectivity index (χ3n) is 4.42. The van der Waals surface area contributed by atoms with E-state index in [1.807, 2.05) is 6.92 Å². The maximum Gasteiger partial charge on any atom is 0.322 e. The molecule has 2 N–H and O–H groups in total. The van der Waals surface area contributed by atoms with Crippen molar-refractivity contribution in [3.05, 3.63) is 0 Å². The van der Waals surface area contributed by atoms with Crippen LogP contribution in [0.15, 0.2) is 0 Å². The number of aliphatic carboxylic acids is 1. The van der Waals surface area contributed by atoms with Gasteiger partial charge >= 0.3 is 5.97 Å². The molecule has 1 saturated carbocycles. The van der Waals surface area contributed by atoms with Crippen molar-refractivity contribution in [3.63, 3.8) is 0 Å². The first-order valence-corrected chi connectivity index (χ1v) is 8.31. The van der Waals surface area contributed by atoms with E-state index < -0.39 is 22.2 Å². The van der Waals surface area contributed by atoms with Gasteiger partial charge in [-0.2, -0.15) is 17.4 Å². The van der Waals surface area contributed by atoms with Crippen LogP contribution in [0, 0.1) is 11.8 Å². The Kier molecular flexibility index (Phi) is 4.17. The molecule has 110 valence electrons. The van der Waals surface area contributed by atoms with Crippen molar-refractivity contribution in [2.24, 2.45) is 11.8 Å². The minimum Gasteiger partial charge on any atom is -0.480 e. The van der Waals surface area contributed by atoms with Crippen molar-refractivity contribution in [1.82, 2.24) is 9.03 Å². The van der Waals surface area contributed by atoms with E-state index in [-0.39, 0.29) is 12.0 Å². The first kappa shape index (κ1) is 14.7. The lowest BCUT2D eigenvalue weighted by Crippen LogP contribution is -2.52. The van der Waals surface area contributed by atoms with Crippen molar-refractivity contribution in [2.75, 3.05) is 6.54 Å². The van der Waals surface area contributed by atoms with Crippen LogP contribution in [0.5, 0.6) is 0 Å². The number of hydrogen-bond donors (Lipinski definition) is 2. The second kappa shape index (κ2) is 5.38. The Labute approximate surface area is 114 Å². The summed E-state index contributed by atoms with van der Waals surface area (Å²) in [5, 5.41) is 9.17. The van der Waals surface area contributed by atoms with Crippen LogP contribution in [0.4, 0.5) is 0 Å². The molecule has 2 unspecified atom stereocenters. The van der Waals surface area contributed by atoms with Crippen molar-refractivity contribution >= 4 is 16.2 Å². The second-order valence-corrected chi connectivity index (χ2v) is 7.38. The zero-order chi connectivity index (χ0) is 14.2. The van der Waals surface area contributed by atoms with Crippen LogP contribution in [0.25, 0.3) is 0 Å². The highest BCUT2D eigenvalue weighted by Gasteiger charge is 2.45. The van der Waals surface area contributed by atoms with E-state index in [4.69, 9.17) is 5.11 Å². The van der Waals surface area contributed by atoms with E-state index in [0.29, 0.717) is 18.9 Å². The molecule has 2 aliphatic rings. The van der Waals surface area contributed by atoms with Gasteiger partial charge in [-0.15, -0.1) is 0 Å². The molecule has 7 heteroatoms. The molecule has 2 bridgehead atoms. The lowest BCUT2D eigenvalue weighted by atomic mass is 10.0. The maximum absolute atomic E-state index is 12.3. The summed E-state index contributed by atoms with van der Waals surface area (Å²) >= 11 is 0. The topological polar surface area (TPSA) is 86.7 Å². The summed E-state index contributed by atoms with van der Waals surface area (Å²) in [6, 6.07) is -0.983. The van der Waals surface area contributed by atoms with Gasteiger partial charge < -0.3 is 5.11 Å². The van der Waals surface area contributed by atoms with Crippen LogP contribution in [-0.2, 0) is 15.0 Å². The maximum atomic E-state index is 12.3. The number of nitrogens with one attached hydrogen (secondary N) is 1. The summed E-state index contributed by atoms with van der Waals surface area (Å²) in [5.41, 5.74) is 0. The summed E-state index contributed by atoms with van der Waals surface area (Å²) in [6.07, 6.45) is 3.52. The Morgan fingerprint density at radius 2 is 2.16 bits per heavy atom. The molecule has 4 atom stereocenters.